The van der Waals surface area contributed by atoms with Crippen molar-refractivity contribution >= 4 is 29.0 Å². The number of halogens is 1. The molecule has 2 aromatic rings. The second-order valence-electron chi connectivity index (χ2n) is 5.57. The molecule has 0 aliphatic rings. The summed E-state index contributed by atoms with van der Waals surface area (Å²) in [6, 6.07) is 0. The number of H-pyrrole nitrogens is 1. The van der Waals surface area contributed by atoms with Gasteiger partial charge in [-0.25, -0.2) is 0 Å². The Hall–Kier alpha value is -2.62. The monoisotopic (exact) mass is 369 g/mol. The predicted octanol–water partition coefficient (Wildman–Crippen LogP) is 1.71. The maximum Gasteiger partial charge on any atom is 0.333 e. The Morgan fingerprint density at radius 1 is 1.40 bits per heavy atom. The Bertz CT molecular complexity index is 784. The van der Waals surface area contributed by atoms with Gasteiger partial charge >= 0.3 is 5.69 Å². The highest BCUT2D eigenvalue weighted by Crippen LogP contribution is 2.24. The molecule has 0 bridgehead atoms. The van der Waals surface area contributed by atoms with Crippen LogP contribution in [0.25, 0.3) is 0 Å². The van der Waals surface area contributed by atoms with Crippen molar-refractivity contribution in [1.82, 2.24) is 25.3 Å². The molecule has 0 fully saturated rings. The summed E-state index contributed by atoms with van der Waals surface area (Å²) in [6.07, 6.45) is 0.686. The second kappa shape index (κ2) is 7.97. The van der Waals surface area contributed by atoms with Crippen LogP contribution in [0.2, 0.25) is 5.02 Å². The van der Waals surface area contributed by atoms with Gasteiger partial charge < -0.3 is 10.6 Å². The van der Waals surface area contributed by atoms with E-state index in [1.54, 1.807) is 11.6 Å². The number of carbonyl (C=O) groups is 1. The smallest absolute Gasteiger partial charge is 0.333 e. The van der Waals surface area contributed by atoms with Crippen molar-refractivity contribution in [3.8, 4) is 0 Å². The van der Waals surface area contributed by atoms with Crippen molar-refractivity contribution in [2.45, 2.75) is 33.7 Å². The quantitative estimate of drug-likeness (QED) is 0.369. The fourth-order valence-electron chi connectivity index (χ4n) is 2.35. The number of amides is 1. The lowest BCUT2D eigenvalue weighted by molar-refractivity contribution is -0.384. The zero-order valence-corrected chi connectivity index (χ0v) is 15.0. The number of carbonyl (C=O) groups excluding carboxylic acids is 1. The van der Waals surface area contributed by atoms with Crippen LogP contribution < -0.4 is 10.6 Å². The van der Waals surface area contributed by atoms with Crippen molar-refractivity contribution in [3.63, 3.8) is 0 Å². The van der Waals surface area contributed by atoms with E-state index in [4.69, 9.17) is 11.6 Å². The first kappa shape index (κ1) is 18.7. The molecule has 0 saturated heterocycles. The predicted molar refractivity (Wildman–Crippen MR) is 92.8 cm³/mol. The molecule has 0 radical (unpaired) electrons. The maximum absolute atomic E-state index is 11.8. The van der Waals surface area contributed by atoms with Crippen molar-refractivity contribution in [3.05, 3.63) is 32.2 Å². The lowest BCUT2D eigenvalue weighted by Gasteiger charge is -2.07. The zero-order chi connectivity index (χ0) is 18.6. The summed E-state index contributed by atoms with van der Waals surface area (Å²) in [5.41, 5.74) is 1.85. The van der Waals surface area contributed by atoms with Gasteiger partial charge in [0.1, 0.15) is 5.69 Å². The topological polar surface area (TPSA) is 131 Å². The van der Waals surface area contributed by atoms with Gasteiger partial charge in [-0.15, -0.1) is 0 Å². The first-order chi connectivity index (χ1) is 11.8. The highest BCUT2D eigenvalue weighted by molar-refractivity contribution is 6.31. The van der Waals surface area contributed by atoms with Crippen LogP contribution in [0.4, 0.5) is 11.5 Å². The molecule has 2 aromatic heterocycles. The van der Waals surface area contributed by atoms with Crippen molar-refractivity contribution < 1.29 is 9.72 Å². The summed E-state index contributed by atoms with van der Waals surface area (Å²) in [5.74, 6) is -0.226. The van der Waals surface area contributed by atoms with Gasteiger partial charge in [-0.2, -0.15) is 10.2 Å². The van der Waals surface area contributed by atoms with Crippen LogP contribution in [0.1, 0.15) is 23.5 Å². The van der Waals surface area contributed by atoms with Gasteiger partial charge in [0.2, 0.25) is 11.7 Å². The second-order valence-corrected chi connectivity index (χ2v) is 5.95. The number of hydrogen-bond acceptors (Lipinski definition) is 6. The standard InChI is InChI=1S/C14H20ClN7O3/c1-8-12(15)10(3)21(20-8)6-4-5-16-11(23)7-17-14-13(22(24)25)9(2)18-19-14/h4-7H2,1-3H3,(H,16,23)(H2,17,18,19). The third-order valence-corrected chi connectivity index (χ3v) is 4.22. The molecular weight excluding hydrogens is 350 g/mol. The molecule has 0 atom stereocenters. The third kappa shape index (κ3) is 4.47. The SMILES string of the molecule is Cc1nn(CCCNC(=O)CNc2n[nH]c(C)c2[N+](=O)[O-])c(C)c1Cl. The molecule has 0 unspecified atom stereocenters. The molecule has 0 aliphatic heterocycles. The van der Waals surface area contributed by atoms with E-state index in [0.717, 1.165) is 11.4 Å². The molecule has 0 spiro atoms. The molecule has 10 nitrogen and oxygen atoms in total. The molecule has 0 saturated carbocycles. The number of rotatable bonds is 8. The summed E-state index contributed by atoms with van der Waals surface area (Å²) in [4.78, 5) is 22.2. The van der Waals surface area contributed by atoms with Gasteiger partial charge in [0.15, 0.2) is 0 Å². The van der Waals surface area contributed by atoms with E-state index in [9.17, 15) is 14.9 Å². The highest BCUT2D eigenvalue weighted by atomic mass is 35.5. The van der Waals surface area contributed by atoms with E-state index in [1.807, 2.05) is 13.8 Å². The van der Waals surface area contributed by atoms with E-state index in [0.29, 0.717) is 30.2 Å². The lowest BCUT2D eigenvalue weighted by atomic mass is 10.3. The Morgan fingerprint density at radius 3 is 2.72 bits per heavy atom. The maximum atomic E-state index is 11.8. The molecule has 0 aliphatic carbocycles. The third-order valence-electron chi connectivity index (χ3n) is 3.68. The molecule has 0 aromatic carbocycles. The van der Waals surface area contributed by atoms with Gasteiger partial charge in [0.25, 0.3) is 0 Å². The zero-order valence-electron chi connectivity index (χ0n) is 14.2. The molecule has 3 N–H and O–H groups in total. The summed E-state index contributed by atoms with van der Waals surface area (Å²) >= 11 is 6.08. The van der Waals surface area contributed by atoms with Gasteiger partial charge in [0.05, 0.1) is 27.9 Å². The van der Waals surface area contributed by atoms with Gasteiger partial charge in [-0.3, -0.25) is 24.7 Å². The number of aryl methyl sites for hydroxylation is 3. The van der Waals surface area contributed by atoms with E-state index in [-0.39, 0.29) is 24.0 Å². The summed E-state index contributed by atoms with van der Waals surface area (Å²) in [6.45, 7) is 6.27. The van der Waals surface area contributed by atoms with E-state index in [1.165, 1.54) is 0 Å². The first-order valence-electron chi connectivity index (χ1n) is 7.70. The summed E-state index contributed by atoms with van der Waals surface area (Å²) < 4.78 is 1.80. The van der Waals surface area contributed by atoms with Gasteiger partial charge in [0, 0.05) is 13.1 Å². The van der Waals surface area contributed by atoms with E-state index in [2.05, 4.69) is 25.9 Å². The van der Waals surface area contributed by atoms with Crippen LogP contribution in [0.3, 0.4) is 0 Å². The lowest BCUT2D eigenvalue weighted by Crippen LogP contribution is -2.31. The molecule has 11 heteroatoms. The minimum Gasteiger partial charge on any atom is -0.355 e. The normalized spacial score (nSPS) is 10.7. The average Bonchev–Trinajstić information content (AvgIpc) is 3.05. The largest absolute Gasteiger partial charge is 0.355 e. The number of nitrogens with zero attached hydrogens (tertiary/aromatic N) is 4. The van der Waals surface area contributed by atoms with E-state index >= 15 is 0 Å². The van der Waals surface area contributed by atoms with Crippen molar-refractivity contribution in [2.75, 3.05) is 18.4 Å². The van der Waals surface area contributed by atoms with Crippen LogP contribution in [0, 0.1) is 30.9 Å². The van der Waals surface area contributed by atoms with Gasteiger partial charge in [-0.05, 0) is 27.2 Å². The molecule has 136 valence electrons. The minimum atomic E-state index is -0.543. The van der Waals surface area contributed by atoms with Crippen molar-refractivity contribution in [2.24, 2.45) is 0 Å². The first-order valence-corrected chi connectivity index (χ1v) is 8.08. The van der Waals surface area contributed by atoms with Crippen molar-refractivity contribution in [1.29, 1.82) is 0 Å². The van der Waals surface area contributed by atoms with E-state index < -0.39 is 4.92 Å². The Kier molecular flexibility index (Phi) is 5.97. The number of nitrogens with one attached hydrogen (secondary N) is 3. The number of hydrogen-bond donors (Lipinski definition) is 3. The Morgan fingerprint density at radius 2 is 2.12 bits per heavy atom. The molecule has 1 amide bonds. The fourth-order valence-corrected chi connectivity index (χ4v) is 2.48. The number of aromatic amines is 1. The molecule has 2 rings (SSSR count). The average molecular weight is 370 g/mol. The number of anilines is 1. The highest BCUT2D eigenvalue weighted by Gasteiger charge is 2.21. The Labute approximate surface area is 149 Å². The number of nitro groups is 1. The van der Waals surface area contributed by atoms with Crippen LogP contribution in [-0.4, -0.2) is 43.9 Å². The summed E-state index contributed by atoms with van der Waals surface area (Å²) in [7, 11) is 0. The fraction of sp³-hybridized carbons (Fsp3) is 0.500. The van der Waals surface area contributed by atoms with Crippen LogP contribution in [-0.2, 0) is 11.3 Å². The Balaban J connectivity index is 1.74. The molecule has 2 heterocycles. The summed E-state index contributed by atoms with van der Waals surface area (Å²) in [5, 5.41) is 27.6. The molecule has 25 heavy (non-hydrogen) atoms. The van der Waals surface area contributed by atoms with Crippen LogP contribution in [0.15, 0.2) is 0 Å². The van der Waals surface area contributed by atoms with Crippen LogP contribution in [0.5, 0.6) is 0 Å². The van der Waals surface area contributed by atoms with Gasteiger partial charge in [-0.1, -0.05) is 11.6 Å². The minimum absolute atomic E-state index is 0.0509. The van der Waals surface area contributed by atoms with Crippen LogP contribution >= 0.6 is 11.6 Å². The molecular formula is C14H20ClN7O3. The number of aromatic nitrogens is 4.